The maximum atomic E-state index is 13.3. The van der Waals surface area contributed by atoms with E-state index in [-0.39, 0.29) is 11.5 Å². The van der Waals surface area contributed by atoms with Crippen molar-refractivity contribution >= 4 is 11.6 Å². The molecule has 0 heterocycles. The minimum Gasteiger partial charge on any atom is -0.339 e. The van der Waals surface area contributed by atoms with Gasteiger partial charge < -0.3 is 4.90 Å². The molecule has 0 fully saturated rings. The first-order chi connectivity index (χ1) is 10.0. The fraction of sp³-hybridized carbons (Fsp3) is 0.533. The molecule has 0 aliphatic heterocycles. The summed E-state index contributed by atoms with van der Waals surface area (Å²) in [6, 6.07) is 3.29. The van der Waals surface area contributed by atoms with Crippen molar-refractivity contribution in [3.63, 3.8) is 0 Å². The summed E-state index contributed by atoms with van der Waals surface area (Å²) >= 11 is 0. The van der Waals surface area contributed by atoms with Crippen LogP contribution in [0, 0.1) is 15.9 Å². The second-order valence-corrected chi connectivity index (χ2v) is 4.92. The molecular weight excluding hydrogens is 275 g/mol. The molecule has 0 unspecified atom stereocenters. The predicted molar refractivity (Wildman–Crippen MR) is 78.8 cm³/mol. The van der Waals surface area contributed by atoms with E-state index in [1.165, 1.54) is 6.07 Å². The summed E-state index contributed by atoms with van der Waals surface area (Å²) in [5.74, 6) is -1.20. The molecule has 1 aromatic carbocycles. The first kappa shape index (κ1) is 17.1. The van der Waals surface area contributed by atoms with Crippen molar-refractivity contribution in [1.82, 2.24) is 4.90 Å². The van der Waals surface area contributed by atoms with Crippen LogP contribution in [0.3, 0.4) is 0 Å². The molecule has 116 valence electrons. The molecule has 21 heavy (non-hydrogen) atoms. The fourth-order valence-electron chi connectivity index (χ4n) is 1.98. The number of benzene rings is 1. The first-order valence-electron chi connectivity index (χ1n) is 7.24. The van der Waals surface area contributed by atoms with E-state index in [2.05, 4.69) is 0 Å². The number of carbonyl (C=O) groups is 1. The molecule has 0 N–H and O–H groups in total. The molecule has 0 bridgehead atoms. The van der Waals surface area contributed by atoms with Crippen LogP contribution in [0.5, 0.6) is 0 Å². The molecule has 0 saturated carbocycles. The number of hydrogen-bond donors (Lipinski definition) is 0. The molecule has 0 atom stereocenters. The number of hydrogen-bond acceptors (Lipinski definition) is 3. The van der Waals surface area contributed by atoms with Crippen LogP contribution >= 0.6 is 0 Å². The summed E-state index contributed by atoms with van der Waals surface area (Å²) in [5, 5.41) is 10.8. The third kappa shape index (κ3) is 4.81. The Morgan fingerprint density at radius 2 is 1.81 bits per heavy atom. The fourth-order valence-corrected chi connectivity index (χ4v) is 1.98. The first-order valence-corrected chi connectivity index (χ1v) is 7.24. The summed E-state index contributed by atoms with van der Waals surface area (Å²) in [7, 11) is 0. The standard InChI is InChI=1S/C15H21FN2O3/c1-3-5-9-17(10-6-4-2)15(19)12-7-8-13(16)14(11-12)18(20)21/h7-8,11H,3-6,9-10H2,1-2H3. The van der Waals surface area contributed by atoms with Crippen molar-refractivity contribution in [3.8, 4) is 0 Å². The van der Waals surface area contributed by atoms with E-state index >= 15 is 0 Å². The Hall–Kier alpha value is -1.98. The molecule has 0 spiro atoms. The van der Waals surface area contributed by atoms with Crippen LogP contribution < -0.4 is 0 Å². The van der Waals surface area contributed by atoms with Gasteiger partial charge in [-0.25, -0.2) is 0 Å². The predicted octanol–water partition coefficient (Wildman–Crippen LogP) is 3.78. The number of halogens is 1. The molecule has 0 aliphatic carbocycles. The molecule has 1 amide bonds. The van der Waals surface area contributed by atoms with Crippen molar-refractivity contribution < 1.29 is 14.1 Å². The van der Waals surface area contributed by atoms with Gasteiger partial charge in [0.25, 0.3) is 5.91 Å². The van der Waals surface area contributed by atoms with Gasteiger partial charge >= 0.3 is 5.69 Å². The van der Waals surface area contributed by atoms with Crippen LogP contribution in [-0.2, 0) is 0 Å². The highest BCUT2D eigenvalue weighted by Gasteiger charge is 2.20. The van der Waals surface area contributed by atoms with Crippen LogP contribution in [-0.4, -0.2) is 28.8 Å². The van der Waals surface area contributed by atoms with E-state index in [1.807, 2.05) is 13.8 Å². The van der Waals surface area contributed by atoms with Gasteiger partial charge in [-0.05, 0) is 25.0 Å². The van der Waals surface area contributed by atoms with E-state index < -0.39 is 16.4 Å². The Balaban J connectivity index is 2.96. The Bertz CT molecular complexity index is 498. The number of nitro groups is 1. The number of amides is 1. The maximum Gasteiger partial charge on any atom is 0.305 e. The van der Waals surface area contributed by atoms with Crippen LogP contribution in [0.25, 0.3) is 0 Å². The van der Waals surface area contributed by atoms with Gasteiger partial charge in [-0.15, -0.1) is 0 Å². The van der Waals surface area contributed by atoms with E-state index in [1.54, 1.807) is 4.90 Å². The Labute approximate surface area is 123 Å². The van der Waals surface area contributed by atoms with Crippen molar-refractivity contribution in [1.29, 1.82) is 0 Å². The summed E-state index contributed by atoms with van der Waals surface area (Å²) in [6.07, 6.45) is 3.66. The van der Waals surface area contributed by atoms with Crippen molar-refractivity contribution in [2.75, 3.05) is 13.1 Å². The van der Waals surface area contributed by atoms with Crippen LogP contribution in [0.1, 0.15) is 49.9 Å². The number of unbranched alkanes of at least 4 members (excludes halogenated alkanes) is 2. The molecule has 0 saturated heterocycles. The van der Waals surface area contributed by atoms with Crippen molar-refractivity contribution in [2.24, 2.45) is 0 Å². The van der Waals surface area contributed by atoms with E-state index in [4.69, 9.17) is 0 Å². The minimum atomic E-state index is -0.926. The lowest BCUT2D eigenvalue weighted by Gasteiger charge is -2.22. The Kier molecular flexibility index (Phi) is 6.78. The van der Waals surface area contributed by atoms with E-state index in [0.29, 0.717) is 13.1 Å². The summed E-state index contributed by atoms with van der Waals surface area (Å²) < 4.78 is 13.3. The molecule has 0 radical (unpaired) electrons. The second kappa shape index (κ2) is 8.34. The quantitative estimate of drug-likeness (QED) is 0.541. The molecule has 1 rings (SSSR count). The number of rotatable bonds is 8. The Morgan fingerprint density at radius 1 is 1.24 bits per heavy atom. The van der Waals surface area contributed by atoms with Gasteiger partial charge in [-0.1, -0.05) is 26.7 Å². The largest absolute Gasteiger partial charge is 0.339 e. The van der Waals surface area contributed by atoms with Crippen LogP contribution in [0.2, 0.25) is 0 Å². The summed E-state index contributed by atoms with van der Waals surface area (Å²) in [5.41, 5.74) is -0.498. The zero-order valence-electron chi connectivity index (χ0n) is 12.5. The minimum absolute atomic E-state index is 0.162. The zero-order valence-corrected chi connectivity index (χ0v) is 12.5. The van der Waals surface area contributed by atoms with Crippen LogP contribution in [0.4, 0.5) is 10.1 Å². The third-order valence-electron chi connectivity index (χ3n) is 3.24. The van der Waals surface area contributed by atoms with Crippen molar-refractivity contribution in [3.05, 3.63) is 39.7 Å². The second-order valence-electron chi connectivity index (χ2n) is 4.92. The lowest BCUT2D eigenvalue weighted by molar-refractivity contribution is -0.387. The lowest BCUT2D eigenvalue weighted by Crippen LogP contribution is -2.33. The van der Waals surface area contributed by atoms with Crippen molar-refractivity contribution in [2.45, 2.75) is 39.5 Å². The average molecular weight is 296 g/mol. The van der Waals surface area contributed by atoms with Gasteiger partial charge in [-0.3, -0.25) is 14.9 Å². The van der Waals surface area contributed by atoms with Gasteiger partial charge in [0.2, 0.25) is 5.82 Å². The lowest BCUT2D eigenvalue weighted by atomic mass is 10.1. The maximum absolute atomic E-state index is 13.3. The molecule has 5 nitrogen and oxygen atoms in total. The summed E-state index contributed by atoms with van der Waals surface area (Å²) in [4.78, 5) is 24.0. The molecular formula is C15H21FN2O3. The third-order valence-corrected chi connectivity index (χ3v) is 3.24. The zero-order chi connectivity index (χ0) is 15.8. The number of nitro benzene ring substituents is 1. The van der Waals surface area contributed by atoms with E-state index in [9.17, 15) is 19.3 Å². The highest BCUT2D eigenvalue weighted by atomic mass is 19.1. The molecule has 0 aliphatic rings. The normalized spacial score (nSPS) is 10.4. The Morgan fingerprint density at radius 3 is 2.29 bits per heavy atom. The van der Waals surface area contributed by atoms with Gasteiger partial charge in [0.05, 0.1) is 4.92 Å². The molecule has 0 aromatic heterocycles. The summed E-state index contributed by atoms with van der Waals surface area (Å²) in [6.45, 7) is 5.29. The monoisotopic (exact) mass is 296 g/mol. The smallest absolute Gasteiger partial charge is 0.305 e. The number of carbonyl (C=O) groups excluding carboxylic acids is 1. The molecule has 6 heteroatoms. The van der Waals surface area contributed by atoms with Gasteiger partial charge in [0.15, 0.2) is 0 Å². The molecule has 1 aromatic rings. The highest BCUT2D eigenvalue weighted by molar-refractivity contribution is 5.94. The van der Waals surface area contributed by atoms with Crippen LogP contribution in [0.15, 0.2) is 18.2 Å². The van der Waals surface area contributed by atoms with Gasteiger partial charge in [0, 0.05) is 24.7 Å². The number of nitrogens with zero attached hydrogens (tertiary/aromatic N) is 2. The highest BCUT2D eigenvalue weighted by Crippen LogP contribution is 2.20. The van der Waals surface area contributed by atoms with Gasteiger partial charge in [0.1, 0.15) is 0 Å². The van der Waals surface area contributed by atoms with Gasteiger partial charge in [-0.2, -0.15) is 4.39 Å². The van der Waals surface area contributed by atoms with E-state index in [0.717, 1.165) is 37.8 Å². The SMILES string of the molecule is CCCCN(CCCC)C(=O)c1ccc(F)c([N+](=O)[O-])c1. The topological polar surface area (TPSA) is 63.5 Å². The average Bonchev–Trinajstić information content (AvgIpc) is 2.47.